The van der Waals surface area contributed by atoms with Gasteiger partial charge in [0.05, 0.1) is 10.6 Å². The summed E-state index contributed by atoms with van der Waals surface area (Å²) >= 11 is 3.40. The van der Waals surface area contributed by atoms with Gasteiger partial charge in [-0.25, -0.2) is 10.3 Å². The van der Waals surface area contributed by atoms with Gasteiger partial charge in [0.15, 0.2) is 0 Å². The van der Waals surface area contributed by atoms with Gasteiger partial charge in [-0.1, -0.05) is 61.4 Å². The lowest BCUT2D eigenvalue weighted by atomic mass is 9.62. The fourth-order valence-corrected chi connectivity index (χ4v) is 9.69. The summed E-state index contributed by atoms with van der Waals surface area (Å²) in [6, 6.07) is 7.96. The highest BCUT2D eigenvalue weighted by Gasteiger charge is 2.55. The van der Waals surface area contributed by atoms with E-state index in [1.165, 1.54) is 57.0 Å². The van der Waals surface area contributed by atoms with E-state index in [1.54, 1.807) is 22.7 Å². The molecule has 6 rings (SSSR count). The van der Waals surface area contributed by atoms with Crippen LogP contribution in [-0.4, -0.2) is 11.5 Å². The standard InChI is InChI=1S/C28H22N6S2/c1-32-21(16-31)34-22-12-18-25(36-22)26-24(27(18)8-4-2-5-9-27)23-19(35-26)13-20(33-17(14-29)15-30)28(23)10-6-3-7-11-28/h12-13H,2-11H2/b34-21+. The van der Waals surface area contributed by atoms with Gasteiger partial charge in [-0.2, -0.15) is 10.5 Å². The van der Waals surface area contributed by atoms with Gasteiger partial charge in [0.1, 0.15) is 18.2 Å². The highest BCUT2D eigenvalue weighted by atomic mass is 32.1. The van der Waals surface area contributed by atoms with Crippen molar-refractivity contribution >= 4 is 45.3 Å². The molecule has 0 atom stereocenters. The zero-order chi connectivity index (χ0) is 24.9. The van der Waals surface area contributed by atoms with Gasteiger partial charge < -0.3 is 4.85 Å². The summed E-state index contributed by atoms with van der Waals surface area (Å²) in [5.74, 6) is -0.126. The average molecular weight is 507 g/mol. The first-order chi connectivity index (χ1) is 17.6. The summed E-state index contributed by atoms with van der Waals surface area (Å²) in [6.07, 6.45) is 13.3. The Bertz CT molecular complexity index is 1510. The minimum absolute atomic E-state index is 0.0694. The minimum Gasteiger partial charge on any atom is -0.351 e. The molecule has 0 aromatic carbocycles. The van der Waals surface area contributed by atoms with Gasteiger partial charge in [0.2, 0.25) is 10.7 Å². The molecule has 2 spiro atoms. The Balaban J connectivity index is 1.59. The first-order valence-electron chi connectivity index (χ1n) is 12.4. The Morgan fingerprint density at radius 3 is 2.11 bits per heavy atom. The fraction of sp³-hybridized carbons (Fsp3) is 0.429. The van der Waals surface area contributed by atoms with E-state index in [2.05, 4.69) is 27.0 Å². The summed E-state index contributed by atoms with van der Waals surface area (Å²) in [5.41, 5.74) is 4.71. The van der Waals surface area contributed by atoms with Crippen LogP contribution in [0.4, 0.5) is 5.00 Å². The second-order valence-corrected chi connectivity index (χ2v) is 12.1. The van der Waals surface area contributed by atoms with Crippen LogP contribution >= 0.6 is 22.7 Å². The van der Waals surface area contributed by atoms with E-state index in [0.717, 1.165) is 49.2 Å². The number of amidine groups is 1. The van der Waals surface area contributed by atoms with E-state index in [0.29, 0.717) is 0 Å². The Hall–Kier alpha value is -3.56. The normalized spacial score (nSPS) is 20.3. The number of nitrogens with zero attached hydrogens (tertiary/aromatic N) is 6. The summed E-state index contributed by atoms with van der Waals surface area (Å²) < 4.78 is 0. The third-order valence-corrected chi connectivity index (χ3v) is 10.7. The molecule has 4 aliphatic carbocycles. The maximum absolute atomic E-state index is 9.43. The van der Waals surface area contributed by atoms with Crippen molar-refractivity contribution < 1.29 is 0 Å². The third-order valence-electron chi connectivity index (χ3n) is 8.37. The van der Waals surface area contributed by atoms with Crippen molar-refractivity contribution in [1.29, 1.82) is 15.8 Å². The van der Waals surface area contributed by atoms with Crippen LogP contribution in [0.15, 0.2) is 21.7 Å². The Kier molecular flexibility index (Phi) is 5.42. The summed E-state index contributed by atoms with van der Waals surface area (Å²) in [5, 5.41) is 28.8. The number of fused-ring (bicyclic) bond motifs is 8. The monoisotopic (exact) mass is 506 g/mol. The second-order valence-electron chi connectivity index (χ2n) is 10.0. The van der Waals surface area contributed by atoms with Crippen LogP contribution in [-0.2, 0) is 10.8 Å². The SMILES string of the molecule is [C-]#[N+]/C(C#N)=N/c1cc2c(s1)-c1sc3c(c1C21CCCCC1)C1(CCCCC1)C(N=C(C#N)C#N)=C3. The minimum atomic E-state index is -0.228. The van der Waals surface area contributed by atoms with Gasteiger partial charge in [0, 0.05) is 26.7 Å². The maximum Gasteiger partial charge on any atom is 0.350 e. The number of hydrogen-bond donors (Lipinski definition) is 0. The lowest BCUT2D eigenvalue weighted by molar-refractivity contribution is 0.320. The molecule has 0 amide bonds. The summed E-state index contributed by atoms with van der Waals surface area (Å²) in [4.78, 5) is 16.0. The van der Waals surface area contributed by atoms with Crippen molar-refractivity contribution in [2.24, 2.45) is 9.98 Å². The molecular weight excluding hydrogens is 484 g/mol. The molecular formula is C28H22N6S2. The van der Waals surface area contributed by atoms with E-state index in [9.17, 15) is 15.8 Å². The van der Waals surface area contributed by atoms with Gasteiger partial charge in [-0.15, -0.1) is 11.3 Å². The van der Waals surface area contributed by atoms with Crippen molar-refractivity contribution in [3.63, 3.8) is 0 Å². The Morgan fingerprint density at radius 1 is 0.833 bits per heavy atom. The van der Waals surface area contributed by atoms with Gasteiger partial charge in [0.25, 0.3) is 0 Å². The molecule has 2 aromatic rings. The molecule has 0 aliphatic heterocycles. The maximum atomic E-state index is 9.43. The number of allylic oxidation sites excluding steroid dienone is 1. The number of hydrogen-bond acceptors (Lipinski definition) is 7. The number of aliphatic imine (C=N–C) groups is 2. The number of nitriles is 3. The average Bonchev–Trinajstić information content (AvgIpc) is 3.63. The van der Waals surface area contributed by atoms with E-state index >= 15 is 0 Å². The van der Waals surface area contributed by atoms with Crippen molar-refractivity contribution in [2.45, 2.75) is 75.0 Å². The molecule has 0 radical (unpaired) electrons. The van der Waals surface area contributed by atoms with Gasteiger partial charge in [-0.3, -0.25) is 0 Å². The van der Waals surface area contributed by atoms with Crippen LogP contribution in [0.25, 0.3) is 20.7 Å². The van der Waals surface area contributed by atoms with Crippen molar-refractivity contribution in [2.75, 3.05) is 0 Å². The van der Waals surface area contributed by atoms with Gasteiger partial charge >= 0.3 is 5.84 Å². The first-order valence-corrected chi connectivity index (χ1v) is 14.0. The smallest absolute Gasteiger partial charge is 0.350 e. The fourth-order valence-electron chi connectivity index (χ4n) is 6.97. The molecule has 0 saturated heterocycles. The molecule has 176 valence electrons. The van der Waals surface area contributed by atoms with E-state index < -0.39 is 0 Å². The first kappa shape index (κ1) is 22.9. The quantitative estimate of drug-likeness (QED) is 0.239. The largest absolute Gasteiger partial charge is 0.351 e. The Labute approximate surface area is 218 Å². The van der Waals surface area contributed by atoms with Crippen molar-refractivity contribution in [1.82, 2.24) is 0 Å². The van der Waals surface area contributed by atoms with Crippen LogP contribution in [0, 0.1) is 40.6 Å². The number of rotatable bonds is 2. The molecule has 36 heavy (non-hydrogen) atoms. The molecule has 2 saturated carbocycles. The second kappa shape index (κ2) is 8.53. The van der Waals surface area contributed by atoms with Crippen LogP contribution < -0.4 is 0 Å². The topological polar surface area (TPSA) is 100 Å². The van der Waals surface area contributed by atoms with Gasteiger partial charge in [-0.05, 0) is 48.4 Å². The van der Waals surface area contributed by atoms with Crippen LogP contribution in [0.5, 0.6) is 0 Å². The van der Waals surface area contributed by atoms with Crippen LogP contribution in [0.3, 0.4) is 0 Å². The van der Waals surface area contributed by atoms with E-state index in [4.69, 9.17) is 6.57 Å². The molecule has 8 heteroatoms. The Morgan fingerprint density at radius 2 is 1.50 bits per heavy atom. The van der Waals surface area contributed by atoms with E-state index in [-0.39, 0.29) is 22.4 Å². The lowest BCUT2D eigenvalue weighted by Crippen LogP contribution is -2.35. The molecule has 2 aromatic heterocycles. The summed E-state index contributed by atoms with van der Waals surface area (Å²) in [7, 11) is 0. The highest BCUT2D eigenvalue weighted by Crippen LogP contribution is 2.67. The van der Waals surface area contributed by atoms with Crippen molar-refractivity contribution in [3.05, 3.63) is 44.7 Å². The molecule has 0 N–H and O–H groups in total. The predicted octanol–water partition coefficient (Wildman–Crippen LogP) is 7.56. The lowest BCUT2D eigenvalue weighted by Gasteiger charge is -2.41. The zero-order valence-corrected chi connectivity index (χ0v) is 21.4. The third kappa shape index (κ3) is 3.09. The molecule has 0 unspecified atom stereocenters. The van der Waals surface area contributed by atoms with Crippen LogP contribution in [0.1, 0.15) is 85.8 Å². The molecule has 2 fully saturated rings. The zero-order valence-electron chi connectivity index (χ0n) is 19.7. The molecule has 0 bridgehead atoms. The number of thiophene rings is 2. The highest BCUT2D eigenvalue weighted by molar-refractivity contribution is 7.25. The van der Waals surface area contributed by atoms with Crippen molar-refractivity contribution in [3.8, 4) is 28.0 Å². The molecule has 4 aliphatic rings. The van der Waals surface area contributed by atoms with Crippen LogP contribution in [0.2, 0.25) is 0 Å². The predicted molar refractivity (Wildman–Crippen MR) is 142 cm³/mol. The summed E-state index contributed by atoms with van der Waals surface area (Å²) in [6.45, 7) is 7.23. The molecule has 6 nitrogen and oxygen atoms in total. The van der Waals surface area contributed by atoms with E-state index in [1.807, 2.05) is 18.2 Å². The molecule has 2 heterocycles.